The Bertz CT molecular complexity index is 306. The lowest BCUT2D eigenvalue weighted by atomic mass is 9.93. The molecule has 2 saturated heterocycles. The number of rotatable bonds is 2. The summed E-state index contributed by atoms with van der Waals surface area (Å²) >= 11 is 0. The molecule has 5 nitrogen and oxygen atoms in total. The average Bonchev–Trinajstić information content (AvgIpc) is 2.68. The van der Waals surface area contributed by atoms with Crippen LogP contribution in [0, 0.1) is 5.92 Å². The van der Waals surface area contributed by atoms with Crippen LogP contribution in [0.4, 0.5) is 4.39 Å². The lowest BCUT2D eigenvalue weighted by molar-refractivity contribution is -0.141. The number of piperidine rings is 1. The van der Waals surface area contributed by atoms with E-state index in [0.717, 1.165) is 0 Å². The van der Waals surface area contributed by atoms with Gasteiger partial charge in [-0.1, -0.05) is 0 Å². The fourth-order valence-corrected chi connectivity index (χ4v) is 2.86. The molecule has 0 radical (unpaired) electrons. The monoisotopic (exact) mass is 259 g/mol. The summed E-state index contributed by atoms with van der Waals surface area (Å²) in [5, 5.41) is 0. The summed E-state index contributed by atoms with van der Waals surface area (Å²) in [6.07, 6.45) is -0.885. The molecule has 2 heterocycles. The molecule has 1 amide bonds. The number of amides is 1. The molecule has 0 aromatic rings. The summed E-state index contributed by atoms with van der Waals surface area (Å²) in [6.45, 7) is 4.66. The van der Waals surface area contributed by atoms with E-state index in [0.29, 0.717) is 13.0 Å². The van der Waals surface area contributed by atoms with Gasteiger partial charge < -0.3 is 9.64 Å². The van der Waals surface area contributed by atoms with Crippen LogP contribution >= 0.6 is 0 Å². The Hall–Kier alpha value is -0.720. The summed E-state index contributed by atoms with van der Waals surface area (Å²) in [5.74, 6) is -0.0963. The van der Waals surface area contributed by atoms with Gasteiger partial charge in [0.15, 0.2) is 0 Å². The Morgan fingerprint density at radius 2 is 1.94 bits per heavy atom. The van der Waals surface area contributed by atoms with Crippen LogP contribution in [0.3, 0.4) is 0 Å². The number of methoxy groups -OCH3 is 1. The Morgan fingerprint density at radius 3 is 2.44 bits per heavy atom. The Kier molecular flexibility index (Phi) is 4.19. The van der Waals surface area contributed by atoms with Crippen LogP contribution in [0.2, 0.25) is 0 Å². The van der Waals surface area contributed by atoms with Crippen molar-refractivity contribution < 1.29 is 13.9 Å². The highest BCUT2D eigenvalue weighted by molar-refractivity contribution is 5.80. The minimum absolute atomic E-state index is 0.0321. The molecule has 2 rings (SSSR count). The molecule has 2 fully saturated rings. The van der Waals surface area contributed by atoms with Gasteiger partial charge in [-0.25, -0.2) is 4.39 Å². The summed E-state index contributed by atoms with van der Waals surface area (Å²) < 4.78 is 18.9. The fraction of sp³-hybridized carbons (Fsp3) is 0.917. The standard InChI is InChI=1S/C12H22FN3O2/c1-7-11(8(2)15-14-7)12(17)16-5-4-10(18-3)9(13)6-16/h7-11,14-15H,4-6H2,1-3H3/t7?,8?,9-,10+,11?/m1/s1. The number of likely N-dealkylation sites (tertiary alicyclic amines) is 1. The highest BCUT2D eigenvalue weighted by Crippen LogP contribution is 2.22. The molecule has 2 aliphatic rings. The summed E-state index contributed by atoms with van der Waals surface area (Å²) in [4.78, 5) is 14.0. The normalized spacial score (nSPS) is 41.1. The molecule has 0 aliphatic carbocycles. The van der Waals surface area contributed by atoms with E-state index in [2.05, 4.69) is 10.9 Å². The molecule has 18 heavy (non-hydrogen) atoms. The average molecular weight is 259 g/mol. The van der Waals surface area contributed by atoms with Crippen LogP contribution in [0.15, 0.2) is 0 Å². The van der Waals surface area contributed by atoms with E-state index in [1.165, 1.54) is 7.11 Å². The van der Waals surface area contributed by atoms with E-state index in [9.17, 15) is 9.18 Å². The second-order valence-electron chi connectivity index (χ2n) is 5.25. The first-order valence-corrected chi connectivity index (χ1v) is 6.51. The van der Waals surface area contributed by atoms with Gasteiger partial charge in [-0.2, -0.15) is 0 Å². The smallest absolute Gasteiger partial charge is 0.229 e. The van der Waals surface area contributed by atoms with Gasteiger partial charge in [0.2, 0.25) is 5.91 Å². The maximum Gasteiger partial charge on any atom is 0.229 e. The number of nitrogens with one attached hydrogen (secondary N) is 2. The third-order valence-electron chi connectivity index (χ3n) is 4.00. The molecule has 0 saturated carbocycles. The number of alkyl halides is 1. The van der Waals surface area contributed by atoms with Crippen molar-refractivity contribution in [2.24, 2.45) is 5.92 Å². The van der Waals surface area contributed by atoms with Crippen molar-refractivity contribution in [2.75, 3.05) is 20.2 Å². The molecular weight excluding hydrogens is 237 g/mol. The Labute approximate surface area is 107 Å². The third kappa shape index (κ3) is 2.50. The molecular formula is C12H22FN3O2. The largest absolute Gasteiger partial charge is 0.378 e. The van der Waals surface area contributed by atoms with Gasteiger partial charge in [0.25, 0.3) is 0 Å². The number of carbonyl (C=O) groups excluding carboxylic acids is 1. The minimum Gasteiger partial charge on any atom is -0.378 e. The van der Waals surface area contributed by atoms with Crippen LogP contribution in [0.5, 0.6) is 0 Å². The maximum atomic E-state index is 13.8. The number of hydrogen-bond acceptors (Lipinski definition) is 4. The number of carbonyl (C=O) groups is 1. The molecule has 2 aliphatic heterocycles. The van der Waals surface area contributed by atoms with Crippen LogP contribution < -0.4 is 10.9 Å². The second kappa shape index (κ2) is 5.50. The molecule has 104 valence electrons. The predicted octanol–water partition coefficient (Wildman–Crippen LogP) is 0.0728. The van der Waals surface area contributed by atoms with E-state index >= 15 is 0 Å². The van der Waals surface area contributed by atoms with Crippen LogP contribution in [-0.2, 0) is 9.53 Å². The molecule has 2 unspecified atom stereocenters. The highest BCUT2D eigenvalue weighted by Gasteiger charge is 2.40. The number of nitrogens with zero attached hydrogens (tertiary/aromatic N) is 1. The molecule has 0 aromatic heterocycles. The third-order valence-corrected chi connectivity index (χ3v) is 4.00. The highest BCUT2D eigenvalue weighted by atomic mass is 19.1. The van der Waals surface area contributed by atoms with Crippen molar-refractivity contribution in [3.05, 3.63) is 0 Å². The van der Waals surface area contributed by atoms with E-state index in [4.69, 9.17) is 4.74 Å². The Balaban J connectivity index is 1.98. The predicted molar refractivity (Wildman–Crippen MR) is 65.6 cm³/mol. The fourth-order valence-electron chi connectivity index (χ4n) is 2.86. The lowest BCUT2D eigenvalue weighted by Crippen LogP contribution is -2.52. The SMILES string of the molecule is CO[C@H]1CCN(C(=O)C2C(C)NNC2C)C[C@H]1F. The minimum atomic E-state index is -1.08. The molecule has 4 atom stereocenters. The van der Waals surface area contributed by atoms with Gasteiger partial charge in [0, 0.05) is 25.7 Å². The molecule has 0 bridgehead atoms. The molecule has 6 heteroatoms. The first-order valence-electron chi connectivity index (χ1n) is 6.51. The molecule has 0 aromatic carbocycles. The van der Waals surface area contributed by atoms with E-state index in [1.807, 2.05) is 13.8 Å². The van der Waals surface area contributed by atoms with E-state index in [-0.39, 0.29) is 36.6 Å². The number of ether oxygens (including phenoxy) is 1. The summed E-state index contributed by atoms with van der Waals surface area (Å²) in [5.41, 5.74) is 6.11. The first kappa shape index (κ1) is 13.7. The van der Waals surface area contributed by atoms with Gasteiger partial charge >= 0.3 is 0 Å². The summed E-state index contributed by atoms with van der Waals surface area (Å²) in [6, 6.07) is 0.149. The molecule has 2 N–H and O–H groups in total. The first-order chi connectivity index (χ1) is 8.54. The summed E-state index contributed by atoms with van der Waals surface area (Å²) in [7, 11) is 1.52. The van der Waals surface area contributed by atoms with E-state index < -0.39 is 6.17 Å². The van der Waals surface area contributed by atoms with Gasteiger partial charge in [-0.15, -0.1) is 0 Å². The topological polar surface area (TPSA) is 53.6 Å². The van der Waals surface area contributed by atoms with Crippen LogP contribution in [0.1, 0.15) is 20.3 Å². The zero-order valence-electron chi connectivity index (χ0n) is 11.1. The van der Waals surface area contributed by atoms with Gasteiger partial charge in [-0.05, 0) is 20.3 Å². The van der Waals surface area contributed by atoms with Crippen molar-refractivity contribution >= 4 is 5.91 Å². The van der Waals surface area contributed by atoms with Crippen LogP contribution in [-0.4, -0.2) is 55.4 Å². The van der Waals surface area contributed by atoms with Crippen molar-refractivity contribution in [1.82, 2.24) is 15.8 Å². The van der Waals surface area contributed by atoms with Crippen molar-refractivity contribution in [1.29, 1.82) is 0 Å². The van der Waals surface area contributed by atoms with Crippen molar-refractivity contribution in [3.8, 4) is 0 Å². The van der Waals surface area contributed by atoms with Gasteiger partial charge in [0.1, 0.15) is 6.17 Å². The van der Waals surface area contributed by atoms with Gasteiger partial charge in [-0.3, -0.25) is 15.6 Å². The quantitative estimate of drug-likeness (QED) is 0.737. The van der Waals surface area contributed by atoms with Crippen LogP contribution in [0.25, 0.3) is 0 Å². The molecule has 0 spiro atoms. The number of hydrogen-bond donors (Lipinski definition) is 2. The van der Waals surface area contributed by atoms with E-state index in [1.54, 1.807) is 4.90 Å². The zero-order valence-corrected chi connectivity index (χ0v) is 11.1. The maximum absolute atomic E-state index is 13.8. The zero-order chi connectivity index (χ0) is 13.3. The second-order valence-corrected chi connectivity index (χ2v) is 5.25. The van der Waals surface area contributed by atoms with Crippen molar-refractivity contribution in [2.45, 2.75) is 44.6 Å². The van der Waals surface area contributed by atoms with Crippen molar-refractivity contribution in [3.63, 3.8) is 0 Å². The lowest BCUT2D eigenvalue weighted by Gasteiger charge is -2.36. The van der Waals surface area contributed by atoms with Gasteiger partial charge in [0.05, 0.1) is 18.6 Å². The Morgan fingerprint density at radius 1 is 1.33 bits per heavy atom. The number of hydrazine groups is 1. The number of halogens is 1.